The van der Waals surface area contributed by atoms with Crippen molar-refractivity contribution in [1.82, 2.24) is 5.32 Å². The van der Waals surface area contributed by atoms with Crippen LogP contribution in [0.4, 0.5) is 5.69 Å². The van der Waals surface area contributed by atoms with Crippen molar-refractivity contribution in [1.29, 1.82) is 5.39 Å². The first-order valence-electron chi connectivity index (χ1n) is 4.56. The van der Waals surface area contributed by atoms with Crippen LogP contribution in [0.15, 0.2) is 30.3 Å². The number of aliphatic hydroxyl groups is 1. The van der Waals surface area contributed by atoms with Crippen LogP contribution in [0.25, 0.3) is 4.98 Å². The molecule has 1 aromatic rings. The van der Waals surface area contributed by atoms with Gasteiger partial charge in [0.2, 0.25) is 5.39 Å². The second-order valence-electron chi connectivity index (χ2n) is 2.51. The lowest BCUT2D eigenvalue weighted by atomic mass is 10.3. The number of hydrogen-bond acceptors (Lipinski definition) is 3. The number of benzene rings is 1. The van der Waals surface area contributed by atoms with E-state index in [1.807, 2.05) is 25.1 Å². The SMILES string of the molecule is CCNCCO.N#[N+]c1ccccc1. The van der Waals surface area contributed by atoms with Crippen molar-refractivity contribution in [2.45, 2.75) is 6.92 Å². The standard InChI is InChI=1S/C6H5N2.C4H11NO/c7-8-6-4-2-1-3-5-6;1-2-5-3-4-6/h1-5H;5-6H,2-4H2,1H3/q+1;. The molecule has 76 valence electrons. The van der Waals surface area contributed by atoms with Crippen LogP contribution in [-0.4, -0.2) is 24.8 Å². The normalized spacial score (nSPS) is 8.36. The Labute approximate surface area is 84.2 Å². The first-order chi connectivity index (χ1) is 6.85. The Kier molecular flexibility index (Phi) is 8.65. The summed E-state index contributed by atoms with van der Waals surface area (Å²) in [6.45, 7) is 3.92. The van der Waals surface area contributed by atoms with E-state index in [-0.39, 0.29) is 6.61 Å². The number of aliphatic hydroxyl groups excluding tert-OH is 1. The van der Waals surface area contributed by atoms with Crippen molar-refractivity contribution in [2.24, 2.45) is 0 Å². The molecule has 0 atom stereocenters. The lowest BCUT2D eigenvalue weighted by Crippen LogP contribution is -2.16. The van der Waals surface area contributed by atoms with Crippen molar-refractivity contribution in [3.63, 3.8) is 0 Å². The van der Waals surface area contributed by atoms with Crippen molar-refractivity contribution < 1.29 is 5.11 Å². The Balaban J connectivity index is 0.000000255. The number of diazo groups is 1. The molecule has 0 aliphatic carbocycles. The zero-order chi connectivity index (χ0) is 10.6. The van der Waals surface area contributed by atoms with Crippen LogP contribution in [0.1, 0.15) is 6.92 Å². The molecule has 0 saturated carbocycles. The molecule has 0 spiro atoms. The fraction of sp³-hybridized carbons (Fsp3) is 0.400. The highest BCUT2D eigenvalue weighted by atomic mass is 16.3. The number of nitrogens with one attached hydrogen (secondary N) is 1. The van der Waals surface area contributed by atoms with Gasteiger partial charge in [-0.1, -0.05) is 25.1 Å². The van der Waals surface area contributed by atoms with E-state index in [0.717, 1.165) is 13.1 Å². The van der Waals surface area contributed by atoms with Gasteiger partial charge in [-0.3, -0.25) is 0 Å². The Bertz CT molecular complexity index is 252. The van der Waals surface area contributed by atoms with Gasteiger partial charge in [0.05, 0.1) is 6.61 Å². The molecule has 2 N–H and O–H groups in total. The predicted molar refractivity (Wildman–Crippen MR) is 56.8 cm³/mol. The molecular weight excluding hydrogens is 178 g/mol. The van der Waals surface area contributed by atoms with Gasteiger partial charge in [-0.25, -0.2) is 0 Å². The van der Waals surface area contributed by atoms with Gasteiger partial charge in [-0.05, 0) is 6.54 Å². The molecule has 0 unspecified atom stereocenters. The van der Waals surface area contributed by atoms with E-state index in [0.29, 0.717) is 5.69 Å². The third kappa shape index (κ3) is 7.22. The van der Waals surface area contributed by atoms with Crippen molar-refractivity contribution in [3.8, 4) is 0 Å². The van der Waals surface area contributed by atoms with Gasteiger partial charge >= 0.3 is 5.69 Å². The third-order valence-electron chi connectivity index (χ3n) is 1.41. The highest BCUT2D eigenvalue weighted by Gasteiger charge is 1.95. The van der Waals surface area contributed by atoms with Crippen LogP contribution < -0.4 is 5.32 Å². The summed E-state index contributed by atoms with van der Waals surface area (Å²) in [5.41, 5.74) is 0.590. The van der Waals surface area contributed by atoms with E-state index >= 15 is 0 Å². The van der Waals surface area contributed by atoms with Gasteiger partial charge in [-0.15, -0.1) is 0 Å². The fourth-order valence-electron chi connectivity index (χ4n) is 0.750. The lowest BCUT2D eigenvalue weighted by molar-refractivity contribution is 0.293. The monoisotopic (exact) mass is 194 g/mol. The van der Waals surface area contributed by atoms with Gasteiger partial charge in [0.25, 0.3) is 0 Å². The average molecular weight is 194 g/mol. The first-order valence-corrected chi connectivity index (χ1v) is 4.56. The first kappa shape index (κ1) is 12.6. The van der Waals surface area contributed by atoms with E-state index in [4.69, 9.17) is 10.5 Å². The third-order valence-corrected chi connectivity index (χ3v) is 1.41. The van der Waals surface area contributed by atoms with Crippen molar-refractivity contribution in [2.75, 3.05) is 19.7 Å². The predicted octanol–water partition coefficient (Wildman–Crippen LogP) is 1.76. The number of hydrogen-bond donors (Lipinski definition) is 2. The molecule has 0 aromatic heterocycles. The molecule has 0 radical (unpaired) electrons. The van der Waals surface area contributed by atoms with E-state index < -0.39 is 0 Å². The van der Waals surface area contributed by atoms with Crippen LogP contribution in [0.3, 0.4) is 0 Å². The Morgan fingerprint density at radius 3 is 2.29 bits per heavy atom. The van der Waals surface area contributed by atoms with Gasteiger partial charge in [0.15, 0.2) is 4.98 Å². The molecule has 1 rings (SSSR count). The zero-order valence-corrected chi connectivity index (χ0v) is 8.35. The van der Waals surface area contributed by atoms with E-state index in [9.17, 15) is 0 Å². The molecule has 0 aliphatic rings. The zero-order valence-electron chi connectivity index (χ0n) is 8.35. The molecule has 0 amide bonds. The summed E-state index contributed by atoms with van der Waals surface area (Å²) in [7, 11) is 0. The molecule has 0 fully saturated rings. The molecule has 0 bridgehead atoms. The topological polar surface area (TPSA) is 60.4 Å². The molecule has 1 aromatic carbocycles. The molecule has 4 heteroatoms. The van der Waals surface area contributed by atoms with Gasteiger partial charge < -0.3 is 10.4 Å². The molecule has 0 saturated heterocycles. The van der Waals surface area contributed by atoms with E-state index in [1.165, 1.54) is 0 Å². The van der Waals surface area contributed by atoms with E-state index in [2.05, 4.69) is 10.3 Å². The quantitative estimate of drug-likeness (QED) is 0.569. The maximum Gasteiger partial charge on any atom is 0.385 e. The lowest BCUT2D eigenvalue weighted by Gasteiger charge is -1.91. The average Bonchev–Trinajstić information content (AvgIpc) is 2.28. The molecule has 14 heavy (non-hydrogen) atoms. The number of nitrogens with zero attached hydrogens (tertiary/aromatic N) is 2. The Morgan fingerprint density at radius 1 is 1.36 bits per heavy atom. The fourth-order valence-corrected chi connectivity index (χ4v) is 0.750. The van der Waals surface area contributed by atoms with Crippen LogP contribution in [0.2, 0.25) is 0 Å². The maximum absolute atomic E-state index is 8.16. The minimum atomic E-state index is 0.244. The number of rotatable bonds is 3. The minimum Gasteiger partial charge on any atom is -0.395 e. The summed E-state index contributed by atoms with van der Waals surface area (Å²) < 4.78 is 0. The maximum atomic E-state index is 8.16. The summed E-state index contributed by atoms with van der Waals surface area (Å²) >= 11 is 0. The summed E-state index contributed by atoms with van der Waals surface area (Å²) in [5, 5.41) is 19.2. The van der Waals surface area contributed by atoms with Crippen LogP contribution >= 0.6 is 0 Å². The van der Waals surface area contributed by atoms with Crippen molar-refractivity contribution in [3.05, 3.63) is 35.3 Å². The Hall–Kier alpha value is -1.44. The van der Waals surface area contributed by atoms with Gasteiger partial charge in [0.1, 0.15) is 0 Å². The van der Waals surface area contributed by atoms with Crippen LogP contribution in [0.5, 0.6) is 0 Å². The molecular formula is C10H16N3O+. The smallest absolute Gasteiger partial charge is 0.385 e. The second-order valence-corrected chi connectivity index (χ2v) is 2.51. The summed E-state index contributed by atoms with van der Waals surface area (Å²) in [5.74, 6) is 0. The highest BCUT2D eigenvalue weighted by molar-refractivity contribution is 5.42. The van der Waals surface area contributed by atoms with Gasteiger partial charge in [-0.2, -0.15) is 0 Å². The molecule has 4 nitrogen and oxygen atoms in total. The summed E-state index contributed by atoms with van der Waals surface area (Å²) in [6, 6.07) is 8.94. The summed E-state index contributed by atoms with van der Waals surface area (Å²) in [4.78, 5) is 2.97. The minimum absolute atomic E-state index is 0.244. The largest absolute Gasteiger partial charge is 0.395 e. The second kappa shape index (κ2) is 9.65. The van der Waals surface area contributed by atoms with Gasteiger partial charge in [0, 0.05) is 18.7 Å². The van der Waals surface area contributed by atoms with Crippen LogP contribution in [0, 0.1) is 5.39 Å². The Morgan fingerprint density at radius 2 is 2.00 bits per heavy atom. The van der Waals surface area contributed by atoms with Crippen molar-refractivity contribution >= 4 is 5.69 Å². The molecule has 0 heterocycles. The van der Waals surface area contributed by atoms with E-state index in [1.54, 1.807) is 12.1 Å². The van der Waals surface area contributed by atoms with Crippen LogP contribution in [-0.2, 0) is 0 Å². The highest BCUT2D eigenvalue weighted by Crippen LogP contribution is 2.07. The number of likely N-dealkylation sites (N-methyl/N-ethyl adjacent to an activating group) is 1. The summed E-state index contributed by atoms with van der Waals surface area (Å²) in [6.07, 6.45) is 0. The molecule has 0 aliphatic heterocycles.